The van der Waals surface area contributed by atoms with Crippen molar-refractivity contribution in [3.8, 4) is 0 Å². The average molecular weight is 495 g/mol. The molecular weight excluding hydrogens is 477 g/mol. The molecule has 4 nitrogen and oxygen atoms in total. The van der Waals surface area contributed by atoms with E-state index in [9.17, 15) is 4.79 Å². The number of thiazole rings is 1. The molecule has 0 fully saturated rings. The van der Waals surface area contributed by atoms with E-state index in [4.69, 9.17) is 12.2 Å². The summed E-state index contributed by atoms with van der Waals surface area (Å²) < 4.78 is 2.12. The number of thiocarbonyl (C=S) groups is 1. The van der Waals surface area contributed by atoms with E-state index in [-0.39, 0.29) is 11.0 Å². The van der Waals surface area contributed by atoms with E-state index in [1.54, 1.807) is 6.07 Å². The molecule has 3 aromatic rings. The molecule has 1 heterocycles. The van der Waals surface area contributed by atoms with Crippen molar-refractivity contribution in [2.75, 3.05) is 5.32 Å². The van der Waals surface area contributed by atoms with Crippen LogP contribution in [-0.4, -0.2) is 16.0 Å². The SMILES string of the molecule is CCCCc1ccc2nc(NC(=S)NC(=O)c3cccc(I)c3)sc2c1. The molecule has 0 saturated heterocycles. The fourth-order valence-corrected chi connectivity index (χ4v) is 4.22. The lowest BCUT2D eigenvalue weighted by atomic mass is 10.1. The molecule has 2 aromatic carbocycles. The molecule has 0 aliphatic carbocycles. The Morgan fingerprint density at radius 3 is 2.88 bits per heavy atom. The summed E-state index contributed by atoms with van der Waals surface area (Å²) in [7, 11) is 0. The van der Waals surface area contributed by atoms with Crippen molar-refractivity contribution in [2.24, 2.45) is 0 Å². The monoisotopic (exact) mass is 495 g/mol. The largest absolute Gasteiger partial charge is 0.308 e. The number of amides is 1. The van der Waals surface area contributed by atoms with Crippen molar-refractivity contribution in [1.82, 2.24) is 10.3 Å². The van der Waals surface area contributed by atoms with E-state index >= 15 is 0 Å². The number of unbranched alkanes of at least 4 members (excludes halogenated alkanes) is 1. The molecule has 7 heteroatoms. The van der Waals surface area contributed by atoms with Crippen molar-refractivity contribution >= 4 is 72.5 Å². The highest BCUT2D eigenvalue weighted by Gasteiger charge is 2.10. The maximum Gasteiger partial charge on any atom is 0.257 e. The highest BCUT2D eigenvalue weighted by molar-refractivity contribution is 14.1. The lowest BCUT2D eigenvalue weighted by Gasteiger charge is -2.07. The number of benzene rings is 2. The van der Waals surface area contributed by atoms with Crippen molar-refractivity contribution in [1.29, 1.82) is 0 Å². The predicted molar refractivity (Wildman–Crippen MR) is 121 cm³/mol. The highest BCUT2D eigenvalue weighted by atomic mass is 127. The topological polar surface area (TPSA) is 54.0 Å². The molecule has 0 aliphatic heterocycles. The number of hydrogen-bond acceptors (Lipinski definition) is 4. The fourth-order valence-electron chi connectivity index (χ4n) is 2.49. The van der Waals surface area contributed by atoms with Gasteiger partial charge in [0.15, 0.2) is 10.2 Å². The minimum Gasteiger partial charge on any atom is -0.308 e. The summed E-state index contributed by atoms with van der Waals surface area (Å²) in [4.78, 5) is 16.8. The third-order valence-corrected chi connectivity index (χ3v) is 5.61. The van der Waals surface area contributed by atoms with Gasteiger partial charge in [-0.25, -0.2) is 4.98 Å². The molecule has 0 unspecified atom stereocenters. The quantitative estimate of drug-likeness (QED) is 0.369. The van der Waals surface area contributed by atoms with Gasteiger partial charge in [0, 0.05) is 9.13 Å². The standard InChI is InChI=1S/C19H18IN3OS2/c1-2-3-5-12-8-9-15-16(10-12)26-19(21-15)23-18(25)22-17(24)13-6-4-7-14(20)11-13/h4,6-11H,2-3,5H2,1H3,(H2,21,22,23,24,25). The Morgan fingerprint density at radius 1 is 1.27 bits per heavy atom. The molecule has 0 saturated carbocycles. The second kappa shape index (κ2) is 8.88. The number of aromatic nitrogens is 1. The number of carbonyl (C=O) groups is 1. The molecule has 0 spiro atoms. The van der Waals surface area contributed by atoms with Gasteiger partial charge in [0.25, 0.3) is 5.91 Å². The molecule has 3 rings (SSSR count). The van der Waals surface area contributed by atoms with Gasteiger partial charge in [-0.15, -0.1) is 0 Å². The first-order valence-corrected chi connectivity index (χ1v) is 10.6. The molecule has 0 aliphatic rings. The molecule has 2 N–H and O–H groups in total. The van der Waals surface area contributed by atoms with Crippen LogP contribution in [0, 0.1) is 3.57 Å². The first-order valence-electron chi connectivity index (χ1n) is 8.32. The number of hydrogen-bond donors (Lipinski definition) is 2. The van der Waals surface area contributed by atoms with E-state index in [2.05, 4.69) is 57.3 Å². The van der Waals surface area contributed by atoms with E-state index in [1.165, 1.54) is 29.7 Å². The minimum atomic E-state index is -0.232. The van der Waals surface area contributed by atoms with Gasteiger partial charge in [0.2, 0.25) is 0 Å². The van der Waals surface area contributed by atoms with Gasteiger partial charge < -0.3 is 5.32 Å². The zero-order valence-corrected chi connectivity index (χ0v) is 18.0. The Morgan fingerprint density at radius 2 is 2.12 bits per heavy atom. The molecule has 0 radical (unpaired) electrons. The van der Waals surface area contributed by atoms with Crippen LogP contribution >= 0.6 is 46.1 Å². The Balaban J connectivity index is 1.66. The zero-order valence-electron chi connectivity index (χ0n) is 14.2. The Hall–Kier alpha value is -1.58. The molecule has 1 amide bonds. The smallest absolute Gasteiger partial charge is 0.257 e. The van der Waals surface area contributed by atoms with Crippen LogP contribution in [0.2, 0.25) is 0 Å². The van der Waals surface area contributed by atoms with Gasteiger partial charge in [-0.1, -0.05) is 36.8 Å². The number of fused-ring (bicyclic) bond motifs is 1. The molecule has 0 atom stereocenters. The van der Waals surface area contributed by atoms with Crippen LogP contribution in [0.1, 0.15) is 35.7 Å². The molecule has 26 heavy (non-hydrogen) atoms. The second-order valence-corrected chi connectivity index (χ2v) is 8.53. The van der Waals surface area contributed by atoms with Crippen molar-refractivity contribution in [3.63, 3.8) is 0 Å². The number of halogens is 1. The third-order valence-electron chi connectivity index (χ3n) is 3.81. The Labute approximate surface area is 175 Å². The summed E-state index contributed by atoms with van der Waals surface area (Å²) in [5.41, 5.74) is 2.83. The molecule has 1 aromatic heterocycles. The minimum absolute atomic E-state index is 0.232. The summed E-state index contributed by atoms with van der Waals surface area (Å²) in [5, 5.41) is 6.64. The third kappa shape index (κ3) is 4.99. The lowest BCUT2D eigenvalue weighted by molar-refractivity contribution is 0.0977. The normalized spacial score (nSPS) is 10.7. The van der Waals surface area contributed by atoms with Gasteiger partial charge in [-0.05, 0) is 83.5 Å². The maximum absolute atomic E-state index is 12.3. The fraction of sp³-hybridized carbons (Fsp3) is 0.211. The molecule has 0 bridgehead atoms. The van der Waals surface area contributed by atoms with Gasteiger partial charge in [-0.2, -0.15) is 0 Å². The number of carbonyl (C=O) groups excluding carboxylic acids is 1. The van der Waals surface area contributed by atoms with Crippen molar-refractivity contribution in [3.05, 3.63) is 57.2 Å². The van der Waals surface area contributed by atoms with Crippen LogP contribution in [0.25, 0.3) is 10.2 Å². The van der Waals surface area contributed by atoms with E-state index in [0.717, 1.165) is 20.2 Å². The molecular formula is C19H18IN3OS2. The second-order valence-electron chi connectivity index (χ2n) is 5.84. The van der Waals surface area contributed by atoms with Crippen molar-refractivity contribution < 1.29 is 4.79 Å². The van der Waals surface area contributed by atoms with Gasteiger partial charge >= 0.3 is 0 Å². The van der Waals surface area contributed by atoms with Gasteiger partial charge in [-0.3, -0.25) is 10.1 Å². The zero-order chi connectivity index (χ0) is 18.5. The number of nitrogens with one attached hydrogen (secondary N) is 2. The lowest BCUT2D eigenvalue weighted by Crippen LogP contribution is -2.34. The van der Waals surface area contributed by atoms with Crippen LogP contribution in [0.4, 0.5) is 5.13 Å². The summed E-state index contributed by atoms with van der Waals surface area (Å²) in [6.45, 7) is 2.19. The van der Waals surface area contributed by atoms with Crippen LogP contribution in [0.5, 0.6) is 0 Å². The number of aryl methyl sites for hydroxylation is 1. The number of nitrogens with zero attached hydrogens (tertiary/aromatic N) is 1. The summed E-state index contributed by atoms with van der Waals surface area (Å²) in [6.07, 6.45) is 3.45. The number of rotatable bonds is 5. The van der Waals surface area contributed by atoms with E-state index in [1.807, 2.05) is 24.3 Å². The summed E-state index contributed by atoms with van der Waals surface area (Å²) in [5.74, 6) is -0.232. The Bertz CT molecular complexity index is 955. The Kier molecular flexibility index (Phi) is 6.55. The maximum atomic E-state index is 12.3. The highest BCUT2D eigenvalue weighted by Crippen LogP contribution is 2.27. The average Bonchev–Trinajstić information content (AvgIpc) is 3.01. The number of anilines is 1. The van der Waals surface area contributed by atoms with E-state index in [0.29, 0.717) is 10.7 Å². The van der Waals surface area contributed by atoms with Crippen LogP contribution < -0.4 is 10.6 Å². The first-order chi connectivity index (χ1) is 12.5. The van der Waals surface area contributed by atoms with Crippen LogP contribution in [0.3, 0.4) is 0 Å². The molecule has 134 valence electrons. The first kappa shape index (κ1) is 19.2. The predicted octanol–water partition coefficient (Wildman–Crippen LogP) is 5.37. The summed E-state index contributed by atoms with van der Waals surface area (Å²) >= 11 is 8.96. The van der Waals surface area contributed by atoms with Crippen LogP contribution in [0.15, 0.2) is 42.5 Å². The van der Waals surface area contributed by atoms with Crippen molar-refractivity contribution in [2.45, 2.75) is 26.2 Å². The van der Waals surface area contributed by atoms with E-state index < -0.39 is 0 Å². The van der Waals surface area contributed by atoms with Gasteiger partial charge in [0.05, 0.1) is 10.2 Å². The van der Waals surface area contributed by atoms with Crippen LogP contribution in [-0.2, 0) is 6.42 Å². The summed E-state index contributed by atoms with van der Waals surface area (Å²) in [6, 6.07) is 13.7. The van der Waals surface area contributed by atoms with Gasteiger partial charge in [0.1, 0.15) is 0 Å².